The summed E-state index contributed by atoms with van der Waals surface area (Å²) in [7, 11) is 0. The summed E-state index contributed by atoms with van der Waals surface area (Å²) >= 11 is 0. The van der Waals surface area contributed by atoms with Gasteiger partial charge in [0.15, 0.2) is 5.76 Å². The standard InChI is InChI=1S/C13H12N2O2/c16-13-12-4-2-1-3-10(12)6-8-15(13)9-11-5-7-14-17-11/h1-5,7H,6,8-9H2. The van der Waals surface area contributed by atoms with Gasteiger partial charge >= 0.3 is 0 Å². The lowest BCUT2D eigenvalue weighted by Crippen LogP contribution is -2.36. The number of aromatic nitrogens is 1. The zero-order chi connectivity index (χ0) is 11.7. The summed E-state index contributed by atoms with van der Waals surface area (Å²) < 4.78 is 5.03. The molecule has 2 aromatic rings. The maximum absolute atomic E-state index is 12.2. The Bertz CT molecular complexity index is 534. The van der Waals surface area contributed by atoms with Crippen molar-refractivity contribution in [1.29, 1.82) is 0 Å². The van der Waals surface area contributed by atoms with Gasteiger partial charge in [-0.3, -0.25) is 4.79 Å². The van der Waals surface area contributed by atoms with E-state index in [1.165, 1.54) is 0 Å². The summed E-state index contributed by atoms with van der Waals surface area (Å²) in [6.07, 6.45) is 2.49. The van der Waals surface area contributed by atoms with E-state index >= 15 is 0 Å². The van der Waals surface area contributed by atoms with Crippen LogP contribution in [0.25, 0.3) is 0 Å². The second-order valence-electron chi connectivity index (χ2n) is 4.11. The van der Waals surface area contributed by atoms with Gasteiger partial charge in [0, 0.05) is 18.2 Å². The van der Waals surface area contributed by atoms with Crippen molar-refractivity contribution in [1.82, 2.24) is 10.1 Å². The van der Waals surface area contributed by atoms with Crippen LogP contribution < -0.4 is 0 Å². The van der Waals surface area contributed by atoms with E-state index in [9.17, 15) is 4.79 Å². The summed E-state index contributed by atoms with van der Waals surface area (Å²) in [5.74, 6) is 0.793. The molecule has 1 aromatic carbocycles. The van der Waals surface area contributed by atoms with E-state index in [2.05, 4.69) is 5.16 Å². The molecule has 17 heavy (non-hydrogen) atoms. The molecular weight excluding hydrogens is 216 g/mol. The third-order valence-electron chi connectivity index (χ3n) is 3.02. The number of carbonyl (C=O) groups is 1. The maximum Gasteiger partial charge on any atom is 0.254 e. The zero-order valence-electron chi connectivity index (χ0n) is 9.30. The molecule has 0 saturated carbocycles. The number of fused-ring (bicyclic) bond motifs is 1. The molecule has 4 heteroatoms. The Balaban J connectivity index is 1.84. The Hall–Kier alpha value is -2.10. The minimum Gasteiger partial charge on any atom is -0.360 e. The molecule has 0 radical (unpaired) electrons. The van der Waals surface area contributed by atoms with E-state index in [0.29, 0.717) is 6.54 Å². The van der Waals surface area contributed by atoms with E-state index in [0.717, 1.165) is 29.9 Å². The first kappa shape index (κ1) is 10.1. The van der Waals surface area contributed by atoms with Crippen molar-refractivity contribution < 1.29 is 9.32 Å². The molecule has 0 atom stereocenters. The molecule has 0 fully saturated rings. The van der Waals surface area contributed by atoms with Crippen molar-refractivity contribution in [2.45, 2.75) is 13.0 Å². The molecule has 0 saturated heterocycles. The smallest absolute Gasteiger partial charge is 0.254 e. The highest BCUT2D eigenvalue weighted by molar-refractivity contribution is 5.96. The molecule has 1 aromatic heterocycles. The molecular formula is C13H12N2O2. The van der Waals surface area contributed by atoms with Crippen molar-refractivity contribution in [3.05, 3.63) is 53.4 Å². The minimum absolute atomic E-state index is 0.0725. The number of carbonyl (C=O) groups excluding carboxylic acids is 1. The van der Waals surface area contributed by atoms with Crippen molar-refractivity contribution >= 4 is 5.91 Å². The van der Waals surface area contributed by atoms with Gasteiger partial charge in [-0.1, -0.05) is 23.4 Å². The van der Waals surface area contributed by atoms with Crippen molar-refractivity contribution in [3.8, 4) is 0 Å². The summed E-state index contributed by atoms with van der Waals surface area (Å²) in [5, 5.41) is 3.64. The van der Waals surface area contributed by atoms with Gasteiger partial charge in [0.25, 0.3) is 5.91 Å². The average Bonchev–Trinajstić information content (AvgIpc) is 2.86. The first-order valence-electron chi connectivity index (χ1n) is 5.61. The van der Waals surface area contributed by atoms with Gasteiger partial charge in [0.1, 0.15) is 0 Å². The fourth-order valence-corrected chi connectivity index (χ4v) is 2.14. The van der Waals surface area contributed by atoms with Crippen LogP contribution in [0.2, 0.25) is 0 Å². The van der Waals surface area contributed by atoms with Crippen LogP contribution >= 0.6 is 0 Å². The number of rotatable bonds is 2. The number of amides is 1. The highest BCUT2D eigenvalue weighted by atomic mass is 16.5. The third-order valence-corrected chi connectivity index (χ3v) is 3.02. The van der Waals surface area contributed by atoms with E-state index in [1.807, 2.05) is 24.3 Å². The maximum atomic E-state index is 12.2. The second-order valence-corrected chi connectivity index (χ2v) is 4.11. The number of benzene rings is 1. The van der Waals surface area contributed by atoms with Crippen LogP contribution in [0.3, 0.4) is 0 Å². The normalized spacial score (nSPS) is 14.8. The molecule has 2 heterocycles. The number of hydrogen-bond donors (Lipinski definition) is 0. The van der Waals surface area contributed by atoms with Crippen LogP contribution in [0.15, 0.2) is 41.1 Å². The predicted molar refractivity (Wildman–Crippen MR) is 61.4 cm³/mol. The van der Waals surface area contributed by atoms with Gasteiger partial charge in [-0.15, -0.1) is 0 Å². The molecule has 3 rings (SSSR count). The van der Waals surface area contributed by atoms with Crippen LogP contribution in [0.5, 0.6) is 0 Å². The SMILES string of the molecule is O=C1c2ccccc2CCN1Cc1ccno1. The van der Waals surface area contributed by atoms with Gasteiger partial charge in [-0.05, 0) is 18.1 Å². The Labute approximate surface area is 98.8 Å². The van der Waals surface area contributed by atoms with E-state index in [-0.39, 0.29) is 5.91 Å². The Morgan fingerprint density at radius 3 is 3.00 bits per heavy atom. The minimum atomic E-state index is 0.0725. The number of hydrogen-bond acceptors (Lipinski definition) is 3. The fraction of sp³-hybridized carbons (Fsp3) is 0.231. The zero-order valence-corrected chi connectivity index (χ0v) is 9.30. The van der Waals surface area contributed by atoms with E-state index in [1.54, 1.807) is 17.2 Å². The lowest BCUT2D eigenvalue weighted by atomic mass is 9.99. The Morgan fingerprint density at radius 1 is 1.29 bits per heavy atom. The van der Waals surface area contributed by atoms with Gasteiger partial charge in [0.2, 0.25) is 0 Å². The summed E-state index contributed by atoms with van der Waals surface area (Å²) in [6, 6.07) is 9.55. The van der Waals surface area contributed by atoms with Gasteiger partial charge in [0.05, 0.1) is 12.7 Å². The quantitative estimate of drug-likeness (QED) is 0.788. The highest BCUT2D eigenvalue weighted by Crippen LogP contribution is 2.20. The molecule has 4 nitrogen and oxygen atoms in total. The van der Waals surface area contributed by atoms with Gasteiger partial charge < -0.3 is 9.42 Å². The average molecular weight is 228 g/mol. The molecule has 0 N–H and O–H groups in total. The van der Waals surface area contributed by atoms with E-state index < -0.39 is 0 Å². The fourth-order valence-electron chi connectivity index (χ4n) is 2.14. The lowest BCUT2D eigenvalue weighted by Gasteiger charge is -2.27. The molecule has 0 aliphatic carbocycles. The van der Waals surface area contributed by atoms with Gasteiger partial charge in [-0.25, -0.2) is 0 Å². The summed E-state index contributed by atoms with van der Waals surface area (Å²) in [4.78, 5) is 14.0. The molecule has 86 valence electrons. The molecule has 1 aliphatic rings. The first-order chi connectivity index (χ1) is 8.34. The van der Waals surface area contributed by atoms with Crippen molar-refractivity contribution in [2.24, 2.45) is 0 Å². The first-order valence-corrected chi connectivity index (χ1v) is 5.61. The Morgan fingerprint density at radius 2 is 2.18 bits per heavy atom. The highest BCUT2D eigenvalue weighted by Gasteiger charge is 2.24. The number of nitrogens with zero attached hydrogens (tertiary/aromatic N) is 2. The second kappa shape index (κ2) is 4.05. The lowest BCUT2D eigenvalue weighted by molar-refractivity contribution is 0.0711. The largest absolute Gasteiger partial charge is 0.360 e. The van der Waals surface area contributed by atoms with Crippen molar-refractivity contribution in [2.75, 3.05) is 6.54 Å². The molecule has 0 unspecified atom stereocenters. The van der Waals surface area contributed by atoms with Crippen LogP contribution in [0.4, 0.5) is 0 Å². The predicted octanol–water partition coefficient (Wildman–Crippen LogP) is 1.87. The molecule has 0 spiro atoms. The molecule has 1 aliphatic heterocycles. The van der Waals surface area contributed by atoms with Crippen molar-refractivity contribution in [3.63, 3.8) is 0 Å². The van der Waals surface area contributed by atoms with Gasteiger partial charge in [-0.2, -0.15) is 0 Å². The topological polar surface area (TPSA) is 46.3 Å². The molecule has 0 bridgehead atoms. The van der Waals surface area contributed by atoms with Crippen LogP contribution in [-0.2, 0) is 13.0 Å². The van der Waals surface area contributed by atoms with Crippen LogP contribution in [-0.4, -0.2) is 22.5 Å². The van der Waals surface area contributed by atoms with Crippen LogP contribution in [0, 0.1) is 0 Å². The third kappa shape index (κ3) is 1.82. The molecule has 1 amide bonds. The van der Waals surface area contributed by atoms with Crippen LogP contribution in [0.1, 0.15) is 21.7 Å². The monoisotopic (exact) mass is 228 g/mol. The Kier molecular flexibility index (Phi) is 2.40. The summed E-state index contributed by atoms with van der Waals surface area (Å²) in [5.41, 5.74) is 1.93. The van der Waals surface area contributed by atoms with E-state index in [4.69, 9.17) is 4.52 Å². The summed E-state index contributed by atoms with van der Waals surface area (Å²) in [6.45, 7) is 1.23.